The van der Waals surface area contributed by atoms with Gasteiger partial charge in [-0.15, -0.1) is 0 Å². The third kappa shape index (κ3) is 4.54. The van der Waals surface area contributed by atoms with Crippen molar-refractivity contribution in [3.05, 3.63) is 58.1 Å². The highest BCUT2D eigenvalue weighted by atomic mass is 35.5. The third-order valence-electron chi connectivity index (χ3n) is 4.91. The van der Waals surface area contributed by atoms with Crippen LogP contribution in [0.25, 0.3) is 10.2 Å². The molecule has 0 radical (unpaired) electrons. The van der Waals surface area contributed by atoms with Crippen LogP contribution < -0.4 is 4.90 Å². The van der Waals surface area contributed by atoms with Crippen LogP contribution in [0, 0.1) is 13.8 Å². The first kappa shape index (κ1) is 20.8. The molecule has 0 N–H and O–H groups in total. The quantitative estimate of drug-likeness (QED) is 0.507. The van der Waals surface area contributed by atoms with Gasteiger partial charge in [0.05, 0.1) is 10.2 Å². The van der Waals surface area contributed by atoms with Crippen molar-refractivity contribution in [1.29, 1.82) is 0 Å². The summed E-state index contributed by atoms with van der Waals surface area (Å²) < 4.78 is 1.14. The first-order chi connectivity index (χ1) is 13.4. The summed E-state index contributed by atoms with van der Waals surface area (Å²) in [7, 11) is 0. The molecule has 1 aromatic heterocycles. The van der Waals surface area contributed by atoms with E-state index < -0.39 is 0 Å². The fraction of sp³-hybridized carbons (Fsp3) is 0.364. The van der Waals surface area contributed by atoms with Gasteiger partial charge in [0.2, 0.25) is 0 Å². The number of aromatic nitrogens is 1. The largest absolute Gasteiger partial charge is 0.302 e. The number of hydrogen-bond donors (Lipinski definition) is 0. The minimum atomic E-state index is -0.0442. The molecule has 0 fully saturated rings. The Morgan fingerprint density at radius 3 is 2.39 bits per heavy atom. The predicted octanol–water partition coefficient (Wildman–Crippen LogP) is 5.56. The first-order valence-corrected chi connectivity index (χ1v) is 10.8. The number of benzene rings is 2. The molecule has 0 aliphatic carbocycles. The summed E-state index contributed by atoms with van der Waals surface area (Å²) in [6, 6.07) is 11.3. The highest BCUT2D eigenvalue weighted by Gasteiger charge is 2.22. The Hall–Kier alpha value is -1.95. The van der Waals surface area contributed by atoms with Gasteiger partial charge in [-0.3, -0.25) is 9.69 Å². The van der Waals surface area contributed by atoms with E-state index in [4.69, 9.17) is 16.6 Å². The van der Waals surface area contributed by atoms with Crippen molar-refractivity contribution >= 4 is 44.2 Å². The van der Waals surface area contributed by atoms with Crippen LogP contribution in [0.5, 0.6) is 0 Å². The van der Waals surface area contributed by atoms with E-state index in [2.05, 4.69) is 44.7 Å². The number of carbonyl (C=O) groups excluding carboxylic acids is 1. The lowest BCUT2D eigenvalue weighted by Crippen LogP contribution is -2.38. The van der Waals surface area contributed by atoms with Crippen molar-refractivity contribution < 1.29 is 4.79 Å². The average molecular weight is 416 g/mol. The van der Waals surface area contributed by atoms with Crippen LogP contribution in [0.1, 0.15) is 35.3 Å². The molecule has 28 heavy (non-hydrogen) atoms. The zero-order valence-electron chi connectivity index (χ0n) is 16.8. The lowest BCUT2D eigenvalue weighted by molar-refractivity contribution is 0.0984. The predicted molar refractivity (Wildman–Crippen MR) is 120 cm³/mol. The molecule has 4 nitrogen and oxygen atoms in total. The Morgan fingerprint density at radius 1 is 1.07 bits per heavy atom. The van der Waals surface area contributed by atoms with Crippen molar-refractivity contribution in [3.8, 4) is 0 Å². The number of aryl methyl sites for hydroxylation is 2. The number of likely N-dealkylation sites (N-methyl/N-ethyl adjacent to an activating group) is 1. The van der Waals surface area contributed by atoms with E-state index in [-0.39, 0.29) is 5.91 Å². The molecule has 0 atom stereocenters. The second-order valence-corrected chi connectivity index (χ2v) is 8.33. The topological polar surface area (TPSA) is 36.4 Å². The second-order valence-electron chi connectivity index (χ2n) is 6.92. The summed E-state index contributed by atoms with van der Waals surface area (Å²) in [4.78, 5) is 22.2. The zero-order valence-corrected chi connectivity index (χ0v) is 18.4. The van der Waals surface area contributed by atoms with Crippen molar-refractivity contribution in [3.63, 3.8) is 0 Å². The monoisotopic (exact) mass is 415 g/mol. The van der Waals surface area contributed by atoms with Crippen LogP contribution in [-0.2, 0) is 0 Å². The molecule has 0 aliphatic rings. The molecule has 2 aromatic carbocycles. The summed E-state index contributed by atoms with van der Waals surface area (Å²) in [5, 5.41) is 1.37. The van der Waals surface area contributed by atoms with Crippen LogP contribution in [0.2, 0.25) is 5.02 Å². The molecule has 1 heterocycles. The number of anilines is 1. The van der Waals surface area contributed by atoms with E-state index in [1.54, 1.807) is 40.5 Å². The van der Waals surface area contributed by atoms with Gasteiger partial charge in [0.15, 0.2) is 5.13 Å². The molecule has 3 aromatic rings. The molecule has 0 saturated heterocycles. The number of fused-ring (bicyclic) bond motifs is 1. The molecular formula is C22H26ClN3OS. The second kappa shape index (κ2) is 9.03. The number of hydrogen-bond acceptors (Lipinski definition) is 4. The van der Waals surface area contributed by atoms with E-state index in [0.29, 0.717) is 17.1 Å². The van der Waals surface area contributed by atoms with Crippen LogP contribution in [0.15, 0.2) is 36.4 Å². The van der Waals surface area contributed by atoms with Gasteiger partial charge < -0.3 is 4.90 Å². The molecule has 0 unspecified atom stereocenters. The molecular weight excluding hydrogens is 390 g/mol. The Kier molecular flexibility index (Phi) is 6.70. The van der Waals surface area contributed by atoms with Crippen LogP contribution in [-0.4, -0.2) is 42.0 Å². The molecule has 0 aliphatic heterocycles. The fourth-order valence-electron chi connectivity index (χ4n) is 3.29. The summed E-state index contributed by atoms with van der Waals surface area (Å²) in [6.07, 6.45) is 0. The van der Waals surface area contributed by atoms with E-state index in [9.17, 15) is 4.79 Å². The molecule has 0 saturated carbocycles. The van der Waals surface area contributed by atoms with Gasteiger partial charge in [0.25, 0.3) is 5.91 Å². The highest BCUT2D eigenvalue weighted by Crippen LogP contribution is 2.32. The Morgan fingerprint density at radius 2 is 1.75 bits per heavy atom. The van der Waals surface area contributed by atoms with Crippen molar-refractivity contribution in [1.82, 2.24) is 9.88 Å². The molecule has 0 spiro atoms. The average Bonchev–Trinajstić information content (AvgIpc) is 3.09. The lowest BCUT2D eigenvalue weighted by Gasteiger charge is -2.24. The maximum absolute atomic E-state index is 13.3. The van der Waals surface area contributed by atoms with E-state index in [1.807, 2.05) is 0 Å². The Labute approximate surface area is 175 Å². The summed E-state index contributed by atoms with van der Waals surface area (Å²) in [5.74, 6) is -0.0442. The molecule has 0 bridgehead atoms. The van der Waals surface area contributed by atoms with Crippen LogP contribution in [0.3, 0.4) is 0 Å². The fourth-order valence-corrected chi connectivity index (χ4v) is 4.46. The summed E-state index contributed by atoms with van der Waals surface area (Å²) >= 11 is 7.58. The zero-order chi connectivity index (χ0) is 20.3. The maximum atomic E-state index is 13.3. The number of carbonyl (C=O) groups is 1. The van der Waals surface area contributed by atoms with Gasteiger partial charge in [-0.2, -0.15) is 0 Å². The summed E-state index contributed by atoms with van der Waals surface area (Å²) in [6.45, 7) is 11.8. The van der Waals surface area contributed by atoms with Crippen LogP contribution in [0.4, 0.5) is 5.13 Å². The maximum Gasteiger partial charge on any atom is 0.260 e. The van der Waals surface area contributed by atoms with Gasteiger partial charge in [-0.1, -0.05) is 42.9 Å². The highest BCUT2D eigenvalue weighted by molar-refractivity contribution is 7.22. The van der Waals surface area contributed by atoms with E-state index in [0.717, 1.165) is 35.0 Å². The van der Waals surface area contributed by atoms with Crippen LogP contribution >= 0.6 is 22.9 Å². The normalized spacial score (nSPS) is 11.4. The van der Waals surface area contributed by atoms with Gasteiger partial charge in [-0.25, -0.2) is 4.98 Å². The minimum absolute atomic E-state index is 0.0442. The molecule has 6 heteroatoms. The lowest BCUT2D eigenvalue weighted by atomic mass is 10.1. The van der Waals surface area contributed by atoms with Gasteiger partial charge in [-0.05, 0) is 68.4 Å². The smallest absolute Gasteiger partial charge is 0.260 e. The number of rotatable bonds is 7. The van der Waals surface area contributed by atoms with Gasteiger partial charge in [0, 0.05) is 23.7 Å². The summed E-state index contributed by atoms with van der Waals surface area (Å²) in [5.41, 5.74) is 3.95. The molecule has 1 amide bonds. The van der Waals surface area contributed by atoms with E-state index in [1.165, 1.54) is 11.1 Å². The SMILES string of the molecule is CCN(CC)CCN(C(=O)c1ccc(Cl)cc1)c1nc2cc(C)cc(C)c2s1. The van der Waals surface area contributed by atoms with E-state index >= 15 is 0 Å². The van der Waals surface area contributed by atoms with Crippen molar-refractivity contribution in [2.75, 3.05) is 31.1 Å². The number of amides is 1. The number of nitrogens with zero attached hydrogens (tertiary/aromatic N) is 3. The van der Waals surface area contributed by atoms with Gasteiger partial charge >= 0.3 is 0 Å². The first-order valence-electron chi connectivity index (χ1n) is 9.60. The Balaban J connectivity index is 1.98. The minimum Gasteiger partial charge on any atom is -0.302 e. The molecule has 148 valence electrons. The Bertz CT molecular complexity index is 964. The van der Waals surface area contributed by atoms with Gasteiger partial charge in [0.1, 0.15) is 0 Å². The molecule has 3 rings (SSSR count). The van der Waals surface area contributed by atoms with Crippen molar-refractivity contribution in [2.45, 2.75) is 27.7 Å². The number of thiazole rings is 1. The standard InChI is InChI=1S/C22H26ClN3OS/c1-5-25(6-2)11-12-26(21(27)17-7-9-18(23)10-8-17)22-24-19-14-15(3)13-16(4)20(19)28-22/h7-10,13-14H,5-6,11-12H2,1-4H3. The third-order valence-corrected chi connectivity index (χ3v) is 6.39. The number of halogens is 1. The van der Waals surface area contributed by atoms with Crippen molar-refractivity contribution in [2.24, 2.45) is 0 Å².